The summed E-state index contributed by atoms with van der Waals surface area (Å²) in [6, 6.07) is 0. The van der Waals surface area contributed by atoms with Gasteiger partial charge in [-0.25, -0.2) is 4.79 Å². The van der Waals surface area contributed by atoms with Crippen molar-refractivity contribution in [2.75, 3.05) is 20.7 Å². The molecule has 3 nitrogen and oxygen atoms in total. The molecule has 0 atom stereocenters. The minimum absolute atomic E-state index is 0.191. The predicted octanol–water partition coefficient (Wildman–Crippen LogP) is 6.48. The predicted molar refractivity (Wildman–Crippen MR) is 109 cm³/mol. The monoisotopic (exact) mass is 353 g/mol. The molecule has 148 valence electrons. The van der Waals surface area contributed by atoms with Gasteiger partial charge in [0.15, 0.2) is 0 Å². The van der Waals surface area contributed by atoms with Crippen molar-refractivity contribution in [1.29, 1.82) is 0 Å². The van der Waals surface area contributed by atoms with Gasteiger partial charge in [-0.15, -0.1) is 0 Å². The van der Waals surface area contributed by atoms with Gasteiger partial charge < -0.3 is 9.64 Å². The zero-order valence-corrected chi connectivity index (χ0v) is 17.4. The highest BCUT2D eigenvalue weighted by atomic mass is 16.5. The van der Waals surface area contributed by atoms with Crippen molar-refractivity contribution in [3.05, 3.63) is 11.8 Å². The van der Waals surface area contributed by atoms with Crippen LogP contribution < -0.4 is 0 Å². The lowest BCUT2D eigenvalue weighted by atomic mass is 10.0. The Kier molecular flexibility index (Phi) is 17.1. The molecule has 0 saturated carbocycles. The van der Waals surface area contributed by atoms with Crippen LogP contribution in [0, 0.1) is 0 Å². The van der Waals surface area contributed by atoms with Gasteiger partial charge in [0.1, 0.15) is 0 Å². The normalized spacial score (nSPS) is 11.6. The van der Waals surface area contributed by atoms with Crippen LogP contribution in [-0.4, -0.2) is 31.6 Å². The summed E-state index contributed by atoms with van der Waals surface area (Å²) in [7, 11) is 3.81. The molecule has 0 aromatic heterocycles. The standard InChI is InChI=1S/C22H43NO2/c1-5-6-7-8-9-10-11-12-13-14-15-16-17-18-19-25-22(24)21(2)20-23(3)4/h20H,5-19H2,1-4H3. The highest BCUT2D eigenvalue weighted by Gasteiger charge is 2.05. The molecule has 3 heteroatoms. The molecule has 0 aromatic rings. The molecular weight excluding hydrogens is 310 g/mol. The first-order chi connectivity index (χ1) is 12.1. The van der Waals surface area contributed by atoms with E-state index in [1.165, 1.54) is 83.5 Å². The smallest absolute Gasteiger partial charge is 0.335 e. The molecular formula is C22H43NO2. The third-order valence-electron chi connectivity index (χ3n) is 4.50. The minimum Gasteiger partial charge on any atom is -0.462 e. The van der Waals surface area contributed by atoms with Gasteiger partial charge in [-0.3, -0.25) is 0 Å². The Balaban J connectivity index is 3.25. The van der Waals surface area contributed by atoms with E-state index in [0.29, 0.717) is 12.2 Å². The number of carbonyl (C=O) groups is 1. The number of nitrogens with zero attached hydrogens (tertiary/aromatic N) is 1. The summed E-state index contributed by atoms with van der Waals surface area (Å²) in [5, 5.41) is 0. The fraction of sp³-hybridized carbons (Fsp3) is 0.864. The molecule has 0 fully saturated rings. The van der Waals surface area contributed by atoms with Gasteiger partial charge in [0, 0.05) is 25.9 Å². The van der Waals surface area contributed by atoms with Crippen molar-refractivity contribution >= 4 is 5.97 Å². The molecule has 0 saturated heterocycles. The number of carbonyl (C=O) groups excluding carboxylic acids is 1. The molecule has 0 bridgehead atoms. The largest absolute Gasteiger partial charge is 0.462 e. The summed E-state index contributed by atoms with van der Waals surface area (Å²) in [4.78, 5) is 13.6. The Morgan fingerprint density at radius 1 is 0.760 bits per heavy atom. The summed E-state index contributed by atoms with van der Waals surface area (Å²) in [6.45, 7) is 4.63. The van der Waals surface area contributed by atoms with Crippen LogP contribution in [0.4, 0.5) is 0 Å². The van der Waals surface area contributed by atoms with Crippen LogP contribution in [0.5, 0.6) is 0 Å². The maximum Gasteiger partial charge on any atom is 0.335 e. The number of rotatable bonds is 17. The molecule has 0 spiro atoms. The summed E-state index contributed by atoms with van der Waals surface area (Å²) in [5.41, 5.74) is 0.662. The van der Waals surface area contributed by atoms with E-state index in [0.717, 1.165) is 6.42 Å². The molecule has 0 unspecified atom stereocenters. The topological polar surface area (TPSA) is 29.5 Å². The van der Waals surface area contributed by atoms with Crippen LogP contribution in [0.1, 0.15) is 104 Å². The average Bonchev–Trinajstić information content (AvgIpc) is 2.57. The maximum absolute atomic E-state index is 11.7. The summed E-state index contributed by atoms with van der Waals surface area (Å²) < 4.78 is 5.28. The Morgan fingerprint density at radius 2 is 1.16 bits per heavy atom. The van der Waals surface area contributed by atoms with Crippen LogP contribution >= 0.6 is 0 Å². The summed E-state index contributed by atoms with van der Waals surface area (Å²) in [6.07, 6.45) is 20.6. The van der Waals surface area contributed by atoms with Crippen molar-refractivity contribution in [3.8, 4) is 0 Å². The number of hydrogen-bond donors (Lipinski definition) is 0. The molecule has 0 heterocycles. The molecule has 0 amide bonds. The van der Waals surface area contributed by atoms with Crippen molar-refractivity contribution in [2.45, 2.75) is 104 Å². The second-order valence-corrected chi connectivity index (χ2v) is 7.51. The van der Waals surface area contributed by atoms with Crippen LogP contribution in [-0.2, 0) is 9.53 Å². The van der Waals surface area contributed by atoms with Crippen molar-refractivity contribution in [3.63, 3.8) is 0 Å². The van der Waals surface area contributed by atoms with Crippen molar-refractivity contribution < 1.29 is 9.53 Å². The van der Waals surface area contributed by atoms with Crippen LogP contribution in [0.3, 0.4) is 0 Å². The van der Waals surface area contributed by atoms with E-state index in [-0.39, 0.29) is 5.97 Å². The van der Waals surface area contributed by atoms with Gasteiger partial charge >= 0.3 is 5.97 Å². The molecule has 0 aliphatic heterocycles. The van der Waals surface area contributed by atoms with E-state index < -0.39 is 0 Å². The lowest BCUT2D eigenvalue weighted by Crippen LogP contribution is -2.11. The van der Waals surface area contributed by atoms with Crippen molar-refractivity contribution in [1.82, 2.24) is 4.90 Å². The fourth-order valence-electron chi connectivity index (χ4n) is 3.02. The lowest BCUT2D eigenvalue weighted by molar-refractivity contribution is -0.139. The Hall–Kier alpha value is -0.990. The highest BCUT2D eigenvalue weighted by molar-refractivity contribution is 5.87. The van der Waals surface area contributed by atoms with E-state index in [1.807, 2.05) is 19.0 Å². The summed E-state index contributed by atoms with van der Waals surface area (Å²) in [5.74, 6) is -0.191. The Labute approximate surface area is 157 Å². The first kappa shape index (κ1) is 24.0. The molecule has 0 aliphatic rings. The molecule has 0 aliphatic carbocycles. The number of ether oxygens (including phenoxy) is 1. The second kappa shape index (κ2) is 17.8. The van der Waals surface area contributed by atoms with E-state index in [9.17, 15) is 4.79 Å². The minimum atomic E-state index is -0.191. The van der Waals surface area contributed by atoms with Gasteiger partial charge in [0.05, 0.1) is 6.61 Å². The zero-order valence-electron chi connectivity index (χ0n) is 17.4. The van der Waals surface area contributed by atoms with Crippen LogP contribution in [0.25, 0.3) is 0 Å². The molecule has 25 heavy (non-hydrogen) atoms. The quantitative estimate of drug-likeness (QED) is 0.170. The Bertz CT molecular complexity index is 337. The molecule has 0 rings (SSSR count). The maximum atomic E-state index is 11.7. The van der Waals surface area contributed by atoms with E-state index in [2.05, 4.69) is 6.92 Å². The van der Waals surface area contributed by atoms with Gasteiger partial charge in [-0.1, -0.05) is 90.4 Å². The van der Waals surface area contributed by atoms with Crippen LogP contribution in [0.2, 0.25) is 0 Å². The van der Waals surface area contributed by atoms with E-state index in [4.69, 9.17) is 4.74 Å². The summed E-state index contributed by atoms with van der Waals surface area (Å²) >= 11 is 0. The number of unbranched alkanes of at least 4 members (excludes halogenated alkanes) is 13. The Morgan fingerprint density at radius 3 is 1.56 bits per heavy atom. The van der Waals surface area contributed by atoms with Crippen molar-refractivity contribution in [2.24, 2.45) is 0 Å². The third-order valence-corrected chi connectivity index (χ3v) is 4.50. The average molecular weight is 354 g/mol. The molecule has 0 aromatic carbocycles. The van der Waals surface area contributed by atoms with Gasteiger partial charge in [0.2, 0.25) is 0 Å². The SMILES string of the molecule is CCCCCCCCCCCCCCCCOC(=O)C(C)=CN(C)C. The zero-order chi connectivity index (χ0) is 18.8. The number of hydrogen-bond acceptors (Lipinski definition) is 3. The van der Waals surface area contributed by atoms with Gasteiger partial charge in [-0.2, -0.15) is 0 Å². The number of esters is 1. The van der Waals surface area contributed by atoms with Gasteiger partial charge in [-0.05, 0) is 13.3 Å². The molecule has 0 radical (unpaired) electrons. The second-order valence-electron chi connectivity index (χ2n) is 7.51. The lowest BCUT2D eigenvalue weighted by Gasteiger charge is -2.08. The fourth-order valence-corrected chi connectivity index (χ4v) is 3.02. The van der Waals surface area contributed by atoms with Crippen LogP contribution in [0.15, 0.2) is 11.8 Å². The van der Waals surface area contributed by atoms with E-state index >= 15 is 0 Å². The molecule has 0 N–H and O–H groups in total. The first-order valence-corrected chi connectivity index (χ1v) is 10.6. The van der Waals surface area contributed by atoms with E-state index in [1.54, 1.807) is 13.1 Å². The first-order valence-electron chi connectivity index (χ1n) is 10.6. The highest BCUT2D eigenvalue weighted by Crippen LogP contribution is 2.13. The van der Waals surface area contributed by atoms with Gasteiger partial charge in [0.25, 0.3) is 0 Å². The third kappa shape index (κ3) is 17.6.